The number of anilines is 1. The number of aromatic nitrogens is 2. The van der Waals surface area contributed by atoms with E-state index in [9.17, 15) is 14.4 Å². The van der Waals surface area contributed by atoms with E-state index in [2.05, 4.69) is 15.3 Å². The summed E-state index contributed by atoms with van der Waals surface area (Å²) in [5.74, 6) is 0.0665. The van der Waals surface area contributed by atoms with E-state index in [1.807, 2.05) is 30.3 Å². The number of piperidine rings is 2. The number of fused-ring (bicyclic) bond motifs is 1. The quantitative estimate of drug-likeness (QED) is 0.522. The Balaban J connectivity index is 1.21. The second-order valence-electron chi connectivity index (χ2n) is 10.8. The van der Waals surface area contributed by atoms with Crippen LogP contribution in [0.25, 0.3) is 10.8 Å². The zero-order valence-electron chi connectivity index (χ0n) is 21.7. The Morgan fingerprint density at radius 3 is 2.55 bits per heavy atom. The zero-order chi connectivity index (χ0) is 26.3. The molecule has 1 N–H and O–H groups in total. The monoisotopic (exact) mass is 515 g/mol. The summed E-state index contributed by atoms with van der Waals surface area (Å²) in [5, 5.41) is 9.22. The SMILES string of the molecule is COc1ccc(CN2C(=O)CCC(n3ncc4cc(N5CCC6(CCNC6)CC5)ccc4c3=O)C2=O)cc1. The average Bonchev–Trinajstić information content (AvgIpc) is 3.40. The maximum Gasteiger partial charge on any atom is 0.275 e. The maximum absolute atomic E-state index is 13.5. The van der Waals surface area contributed by atoms with Crippen LogP contribution in [0.3, 0.4) is 0 Å². The summed E-state index contributed by atoms with van der Waals surface area (Å²) in [4.78, 5) is 43.1. The van der Waals surface area contributed by atoms with Crippen molar-refractivity contribution in [2.24, 2.45) is 5.41 Å². The van der Waals surface area contributed by atoms with Gasteiger partial charge in [-0.15, -0.1) is 0 Å². The maximum atomic E-state index is 13.5. The van der Waals surface area contributed by atoms with Crippen LogP contribution in [0.5, 0.6) is 5.75 Å². The molecule has 4 heterocycles. The highest BCUT2D eigenvalue weighted by atomic mass is 16.5. The van der Waals surface area contributed by atoms with Crippen LogP contribution in [0.15, 0.2) is 53.5 Å². The average molecular weight is 516 g/mol. The molecule has 3 aliphatic rings. The summed E-state index contributed by atoms with van der Waals surface area (Å²) in [7, 11) is 1.59. The number of ether oxygens (including phenoxy) is 1. The Morgan fingerprint density at radius 1 is 1.05 bits per heavy atom. The van der Waals surface area contributed by atoms with Crippen molar-refractivity contribution in [3.63, 3.8) is 0 Å². The largest absolute Gasteiger partial charge is 0.497 e. The minimum atomic E-state index is -0.805. The van der Waals surface area contributed by atoms with Gasteiger partial charge in [-0.3, -0.25) is 19.3 Å². The molecule has 38 heavy (non-hydrogen) atoms. The summed E-state index contributed by atoms with van der Waals surface area (Å²) >= 11 is 0. The van der Waals surface area contributed by atoms with Crippen molar-refractivity contribution in [2.75, 3.05) is 38.2 Å². The first kappa shape index (κ1) is 24.6. The fourth-order valence-electron chi connectivity index (χ4n) is 6.16. The zero-order valence-corrected chi connectivity index (χ0v) is 21.7. The molecule has 3 fully saturated rings. The summed E-state index contributed by atoms with van der Waals surface area (Å²) in [6, 6.07) is 12.3. The Hall–Kier alpha value is -3.72. The van der Waals surface area contributed by atoms with Gasteiger partial charge < -0.3 is 15.0 Å². The molecule has 1 atom stereocenters. The van der Waals surface area contributed by atoms with Crippen LogP contribution in [0.1, 0.15) is 43.7 Å². The van der Waals surface area contributed by atoms with Gasteiger partial charge >= 0.3 is 0 Å². The van der Waals surface area contributed by atoms with E-state index in [4.69, 9.17) is 4.74 Å². The molecule has 198 valence electrons. The number of carbonyl (C=O) groups excluding carboxylic acids is 2. The Kier molecular flexibility index (Phi) is 6.39. The van der Waals surface area contributed by atoms with Crippen molar-refractivity contribution in [1.82, 2.24) is 20.0 Å². The predicted molar refractivity (Wildman–Crippen MR) is 144 cm³/mol. The predicted octanol–water partition coefficient (Wildman–Crippen LogP) is 2.88. The molecule has 0 saturated carbocycles. The van der Waals surface area contributed by atoms with Crippen molar-refractivity contribution in [1.29, 1.82) is 0 Å². The number of imide groups is 1. The first-order valence-electron chi connectivity index (χ1n) is 13.4. The molecule has 6 rings (SSSR count). The molecule has 1 aromatic heterocycles. The Bertz CT molecular complexity index is 1420. The number of methoxy groups -OCH3 is 1. The molecular formula is C29H33N5O4. The van der Waals surface area contributed by atoms with Crippen LogP contribution in [0, 0.1) is 5.41 Å². The van der Waals surface area contributed by atoms with Crippen LogP contribution in [0.4, 0.5) is 5.69 Å². The highest BCUT2D eigenvalue weighted by Gasteiger charge is 2.38. The Labute approximate surface area is 221 Å². The van der Waals surface area contributed by atoms with Crippen LogP contribution in [-0.4, -0.2) is 59.8 Å². The van der Waals surface area contributed by atoms with Crippen LogP contribution < -0.4 is 20.5 Å². The van der Waals surface area contributed by atoms with Gasteiger partial charge in [0.15, 0.2) is 0 Å². The molecule has 0 aliphatic carbocycles. The molecule has 1 spiro atoms. The normalized spacial score (nSPS) is 21.4. The molecule has 1 unspecified atom stereocenters. The van der Waals surface area contributed by atoms with Gasteiger partial charge in [-0.2, -0.15) is 5.10 Å². The van der Waals surface area contributed by atoms with Gasteiger partial charge in [0.2, 0.25) is 5.91 Å². The lowest BCUT2D eigenvalue weighted by Crippen LogP contribution is -2.47. The number of amides is 2. The van der Waals surface area contributed by atoms with E-state index >= 15 is 0 Å². The van der Waals surface area contributed by atoms with Crippen LogP contribution in [0.2, 0.25) is 0 Å². The van der Waals surface area contributed by atoms with Crippen molar-refractivity contribution in [2.45, 2.75) is 44.7 Å². The molecule has 3 saturated heterocycles. The van der Waals surface area contributed by atoms with Crippen LogP contribution in [-0.2, 0) is 16.1 Å². The number of hydrogen-bond acceptors (Lipinski definition) is 7. The lowest BCUT2D eigenvalue weighted by atomic mass is 9.78. The van der Waals surface area contributed by atoms with E-state index < -0.39 is 11.9 Å². The van der Waals surface area contributed by atoms with Gasteiger partial charge in [0.25, 0.3) is 11.5 Å². The molecule has 2 aromatic carbocycles. The van der Waals surface area contributed by atoms with Gasteiger partial charge in [0, 0.05) is 37.1 Å². The van der Waals surface area contributed by atoms with Crippen molar-refractivity contribution in [3.8, 4) is 5.75 Å². The fourth-order valence-corrected chi connectivity index (χ4v) is 6.16. The third kappa shape index (κ3) is 4.45. The molecule has 3 aliphatic heterocycles. The molecular weight excluding hydrogens is 482 g/mol. The molecule has 9 heteroatoms. The lowest BCUT2D eigenvalue weighted by molar-refractivity contribution is -0.152. The van der Waals surface area contributed by atoms with Gasteiger partial charge in [-0.25, -0.2) is 4.68 Å². The first-order valence-corrected chi connectivity index (χ1v) is 13.4. The van der Waals surface area contributed by atoms with Crippen molar-refractivity contribution < 1.29 is 14.3 Å². The smallest absolute Gasteiger partial charge is 0.275 e. The number of rotatable bonds is 5. The van der Waals surface area contributed by atoms with Crippen molar-refractivity contribution in [3.05, 3.63) is 64.6 Å². The highest BCUT2D eigenvalue weighted by Crippen LogP contribution is 2.38. The molecule has 9 nitrogen and oxygen atoms in total. The fraction of sp³-hybridized carbons (Fsp3) is 0.448. The lowest BCUT2D eigenvalue weighted by Gasteiger charge is -2.40. The standard InChI is InChI=1S/C29H33N5O4/c1-38-23-5-2-20(3-6-23)18-33-26(35)9-8-25(28(33)37)34-27(36)24-7-4-22(16-21(24)17-31-34)32-14-11-29(12-15-32)10-13-30-19-29/h2-7,16-17,25,30H,8-15,18-19H2,1H3. The minimum absolute atomic E-state index is 0.150. The molecule has 0 bridgehead atoms. The van der Waals surface area contributed by atoms with E-state index in [0.717, 1.165) is 42.8 Å². The van der Waals surface area contributed by atoms with Gasteiger partial charge in [0.05, 0.1) is 25.2 Å². The van der Waals surface area contributed by atoms with E-state index in [0.29, 0.717) is 16.6 Å². The van der Waals surface area contributed by atoms with E-state index in [1.54, 1.807) is 25.4 Å². The number of carbonyl (C=O) groups is 2. The van der Waals surface area contributed by atoms with Gasteiger partial charge in [-0.1, -0.05) is 12.1 Å². The Morgan fingerprint density at radius 2 is 1.84 bits per heavy atom. The number of hydrogen-bond donors (Lipinski definition) is 1. The number of nitrogens with one attached hydrogen (secondary N) is 1. The molecule has 3 aromatic rings. The number of nitrogens with zero attached hydrogens (tertiary/aromatic N) is 4. The van der Waals surface area contributed by atoms with Crippen molar-refractivity contribution >= 4 is 28.3 Å². The first-order chi connectivity index (χ1) is 18.5. The topological polar surface area (TPSA) is 96.8 Å². The molecule has 2 amide bonds. The molecule has 0 radical (unpaired) electrons. The second-order valence-corrected chi connectivity index (χ2v) is 10.8. The second kappa shape index (κ2) is 9.87. The van der Waals surface area contributed by atoms with Gasteiger partial charge in [-0.05, 0) is 73.5 Å². The third-order valence-corrected chi connectivity index (χ3v) is 8.59. The summed E-state index contributed by atoms with van der Waals surface area (Å²) in [6.45, 7) is 4.39. The summed E-state index contributed by atoms with van der Waals surface area (Å²) in [6.07, 6.45) is 5.72. The van der Waals surface area contributed by atoms with E-state index in [1.165, 1.54) is 28.8 Å². The summed E-state index contributed by atoms with van der Waals surface area (Å²) in [5.41, 5.74) is 2.05. The minimum Gasteiger partial charge on any atom is -0.497 e. The summed E-state index contributed by atoms with van der Waals surface area (Å²) < 4.78 is 6.45. The number of likely N-dealkylation sites (tertiary alicyclic amines) is 1. The van der Waals surface area contributed by atoms with E-state index in [-0.39, 0.29) is 30.9 Å². The van der Waals surface area contributed by atoms with Gasteiger partial charge in [0.1, 0.15) is 11.8 Å². The third-order valence-electron chi connectivity index (χ3n) is 8.59. The highest BCUT2D eigenvalue weighted by molar-refractivity contribution is 5.99. The number of benzene rings is 2. The van der Waals surface area contributed by atoms with Crippen LogP contribution >= 0.6 is 0 Å².